The first-order valence-electron chi connectivity index (χ1n) is 10.2. The maximum absolute atomic E-state index is 12.7. The summed E-state index contributed by atoms with van der Waals surface area (Å²) in [7, 11) is 0. The number of nitrogens with zero attached hydrogens (tertiary/aromatic N) is 1. The van der Waals surface area contributed by atoms with Crippen molar-refractivity contribution in [2.45, 2.75) is 13.3 Å². The summed E-state index contributed by atoms with van der Waals surface area (Å²) < 4.78 is 0.978. The number of para-hydroxylation sites is 1. The molecule has 1 heterocycles. The van der Waals surface area contributed by atoms with Crippen molar-refractivity contribution in [1.29, 1.82) is 0 Å². The van der Waals surface area contributed by atoms with E-state index in [2.05, 4.69) is 26.6 Å². The summed E-state index contributed by atoms with van der Waals surface area (Å²) in [5, 5.41) is 5.72. The molecule has 4 rings (SSSR count). The summed E-state index contributed by atoms with van der Waals surface area (Å²) >= 11 is 3.44. The lowest BCUT2D eigenvalue weighted by Crippen LogP contribution is -2.28. The Morgan fingerprint density at radius 2 is 1.62 bits per heavy atom. The standard InChI is InChI=1S/C25H22BrN3O3/c1-16-13-20(11-12-22(16)26)28-24(31)17-7-9-19(10-8-17)27-25(32)18-14-23(30)29(15-18)21-5-3-2-4-6-21/h2-13,18H,14-15H2,1H3,(H,27,32)(H,28,31). The molecule has 1 atom stereocenters. The van der Waals surface area contributed by atoms with E-state index in [1.165, 1.54) is 0 Å². The Bertz CT molecular complexity index is 1160. The van der Waals surface area contributed by atoms with Gasteiger partial charge in [-0.2, -0.15) is 0 Å². The van der Waals surface area contributed by atoms with Gasteiger partial charge in [0.15, 0.2) is 0 Å². The Kier molecular flexibility index (Phi) is 6.37. The van der Waals surface area contributed by atoms with Gasteiger partial charge in [-0.25, -0.2) is 0 Å². The van der Waals surface area contributed by atoms with Crippen LogP contribution in [0.1, 0.15) is 22.3 Å². The molecule has 3 amide bonds. The molecule has 0 aliphatic carbocycles. The van der Waals surface area contributed by atoms with E-state index < -0.39 is 5.92 Å². The van der Waals surface area contributed by atoms with Crippen LogP contribution in [-0.4, -0.2) is 24.3 Å². The second-order valence-electron chi connectivity index (χ2n) is 7.73. The number of aryl methyl sites for hydroxylation is 1. The topological polar surface area (TPSA) is 78.5 Å². The van der Waals surface area contributed by atoms with Gasteiger partial charge in [-0.15, -0.1) is 0 Å². The van der Waals surface area contributed by atoms with Gasteiger partial charge in [0, 0.05) is 40.1 Å². The van der Waals surface area contributed by atoms with Crippen LogP contribution in [0.3, 0.4) is 0 Å². The van der Waals surface area contributed by atoms with Crippen LogP contribution in [0.15, 0.2) is 77.3 Å². The number of benzene rings is 3. The Morgan fingerprint density at radius 1 is 0.938 bits per heavy atom. The van der Waals surface area contributed by atoms with Crippen molar-refractivity contribution in [2.75, 3.05) is 22.1 Å². The van der Waals surface area contributed by atoms with Crippen molar-refractivity contribution < 1.29 is 14.4 Å². The number of carbonyl (C=O) groups excluding carboxylic acids is 3. The zero-order chi connectivity index (χ0) is 22.7. The highest BCUT2D eigenvalue weighted by molar-refractivity contribution is 9.10. The van der Waals surface area contributed by atoms with Crippen molar-refractivity contribution in [2.24, 2.45) is 5.92 Å². The molecule has 0 radical (unpaired) electrons. The Morgan fingerprint density at radius 3 is 2.31 bits per heavy atom. The van der Waals surface area contributed by atoms with Gasteiger partial charge in [0.2, 0.25) is 11.8 Å². The summed E-state index contributed by atoms with van der Waals surface area (Å²) in [5.41, 5.74) is 3.59. The molecule has 2 N–H and O–H groups in total. The molecular formula is C25H22BrN3O3. The summed E-state index contributed by atoms with van der Waals surface area (Å²) in [6, 6.07) is 21.6. The highest BCUT2D eigenvalue weighted by atomic mass is 79.9. The molecule has 162 valence electrons. The summed E-state index contributed by atoms with van der Waals surface area (Å²) in [6.07, 6.45) is 0.174. The number of amides is 3. The van der Waals surface area contributed by atoms with E-state index in [1.54, 1.807) is 29.2 Å². The second-order valence-corrected chi connectivity index (χ2v) is 8.58. The Labute approximate surface area is 194 Å². The molecule has 1 aliphatic rings. The number of anilines is 3. The van der Waals surface area contributed by atoms with Crippen LogP contribution in [0.25, 0.3) is 0 Å². The lowest BCUT2D eigenvalue weighted by atomic mass is 10.1. The first kappa shape index (κ1) is 21.8. The van der Waals surface area contributed by atoms with Gasteiger partial charge in [0.1, 0.15) is 0 Å². The van der Waals surface area contributed by atoms with Crippen LogP contribution in [0.2, 0.25) is 0 Å². The molecule has 1 unspecified atom stereocenters. The highest BCUT2D eigenvalue weighted by Crippen LogP contribution is 2.26. The zero-order valence-corrected chi connectivity index (χ0v) is 19.1. The summed E-state index contributed by atoms with van der Waals surface area (Å²) in [5.74, 6) is -0.929. The van der Waals surface area contributed by atoms with Crippen molar-refractivity contribution in [3.8, 4) is 0 Å². The molecular weight excluding hydrogens is 470 g/mol. The van der Waals surface area contributed by atoms with Gasteiger partial charge in [-0.3, -0.25) is 14.4 Å². The average molecular weight is 492 g/mol. The number of hydrogen-bond acceptors (Lipinski definition) is 3. The van der Waals surface area contributed by atoms with Crippen LogP contribution < -0.4 is 15.5 Å². The fourth-order valence-electron chi connectivity index (χ4n) is 3.62. The number of nitrogens with one attached hydrogen (secondary N) is 2. The summed E-state index contributed by atoms with van der Waals surface area (Å²) in [4.78, 5) is 39.2. The van der Waals surface area contributed by atoms with Crippen LogP contribution >= 0.6 is 15.9 Å². The van der Waals surface area contributed by atoms with Gasteiger partial charge >= 0.3 is 0 Å². The van der Waals surface area contributed by atoms with Crippen molar-refractivity contribution in [3.05, 3.63) is 88.4 Å². The molecule has 6 nitrogen and oxygen atoms in total. The third-order valence-corrected chi connectivity index (χ3v) is 6.28. The third kappa shape index (κ3) is 4.89. The van der Waals surface area contributed by atoms with E-state index in [0.717, 1.165) is 15.7 Å². The zero-order valence-electron chi connectivity index (χ0n) is 17.5. The fraction of sp³-hybridized carbons (Fsp3) is 0.160. The highest BCUT2D eigenvalue weighted by Gasteiger charge is 2.35. The van der Waals surface area contributed by atoms with E-state index in [1.807, 2.05) is 55.5 Å². The minimum Gasteiger partial charge on any atom is -0.326 e. The molecule has 7 heteroatoms. The molecule has 0 spiro atoms. The maximum Gasteiger partial charge on any atom is 0.255 e. The van der Waals surface area contributed by atoms with E-state index in [9.17, 15) is 14.4 Å². The van der Waals surface area contributed by atoms with E-state index in [0.29, 0.717) is 23.5 Å². The van der Waals surface area contributed by atoms with Crippen LogP contribution in [-0.2, 0) is 9.59 Å². The first-order chi connectivity index (χ1) is 15.4. The molecule has 0 aromatic heterocycles. The Balaban J connectivity index is 1.36. The lowest BCUT2D eigenvalue weighted by Gasteiger charge is -2.16. The molecule has 0 bridgehead atoms. The van der Waals surface area contributed by atoms with Crippen LogP contribution in [0.4, 0.5) is 17.1 Å². The molecule has 1 fully saturated rings. The maximum atomic E-state index is 12.7. The minimum atomic E-state index is -0.425. The summed E-state index contributed by atoms with van der Waals surface area (Å²) in [6.45, 7) is 2.30. The minimum absolute atomic E-state index is 0.0634. The number of halogens is 1. The monoisotopic (exact) mass is 491 g/mol. The third-order valence-electron chi connectivity index (χ3n) is 5.39. The predicted molar refractivity (Wildman–Crippen MR) is 129 cm³/mol. The van der Waals surface area contributed by atoms with E-state index in [-0.39, 0.29) is 24.1 Å². The van der Waals surface area contributed by atoms with Gasteiger partial charge < -0.3 is 15.5 Å². The first-order valence-corrected chi connectivity index (χ1v) is 11.0. The van der Waals surface area contributed by atoms with Crippen molar-refractivity contribution >= 4 is 50.7 Å². The van der Waals surface area contributed by atoms with Crippen molar-refractivity contribution in [3.63, 3.8) is 0 Å². The van der Waals surface area contributed by atoms with Gasteiger partial charge in [0.05, 0.1) is 5.92 Å². The average Bonchev–Trinajstić information content (AvgIpc) is 3.19. The van der Waals surface area contributed by atoms with Gasteiger partial charge in [0.25, 0.3) is 5.91 Å². The van der Waals surface area contributed by atoms with E-state index >= 15 is 0 Å². The van der Waals surface area contributed by atoms with Crippen LogP contribution in [0.5, 0.6) is 0 Å². The number of hydrogen-bond donors (Lipinski definition) is 2. The lowest BCUT2D eigenvalue weighted by molar-refractivity contribution is -0.122. The molecule has 32 heavy (non-hydrogen) atoms. The molecule has 3 aromatic rings. The van der Waals surface area contributed by atoms with Gasteiger partial charge in [-0.1, -0.05) is 34.1 Å². The predicted octanol–water partition coefficient (Wildman–Crippen LogP) is 5.00. The number of carbonyl (C=O) groups is 3. The normalized spacial score (nSPS) is 15.5. The van der Waals surface area contributed by atoms with Crippen LogP contribution in [0, 0.1) is 12.8 Å². The second kappa shape index (κ2) is 9.36. The molecule has 1 aliphatic heterocycles. The van der Waals surface area contributed by atoms with Gasteiger partial charge in [-0.05, 0) is 67.1 Å². The Hall–Kier alpha value is -3.45. The number of rotatable bonds is 5. The largest absolute Gasteiger partial charge is 0.326 e. The fourth-order valence-corrected chi connectivity index (χ4v) is 3.86. The van der Waals surface area contributed by atoms with E-state index in [4.69, 9.17) is 0 Å². The van der Waals surface area contributed by atoms with Crippen molar-refractivity contribution in [1.82, 2.24) is 0 Å². The quantitative estimate of drug-likeness (QED) is 0.526. The molecule has 0 saturated carbocycles. The SMILES string of the molecule is Cc1cc(NC(=O)c2ccc(NC(=O)C3CC(=O)N(c4ccccc4)C3)cc2)ccc1Br. The molecule has 3 aromatic carbocycles. The molecule has 1 saturated heterocycles. The smallest absolute Gasteiger partial charge is 0.255 e.